The number of hydrogen-bond acceptors (Lipinski definition) is 3. The fraction of sp³-hybridized carbons (Fsp3) is 0.478. The Kier molecular flexibility index (Phi) is 7.43. The van der Waals surface area contributed by atoms with E-state index in [1.165, 1.54) is 5.56 Å². The number of pyridine rings is 1. The van der Waals surface area contributed by atoms with Crippen molar-refractivity contribution in [3.05, 3.63) is 66.0 Å². The van der Waals surface area contributed by atoms with E-state index in [1.54, 1.807) is 6.20 Å². The molecule has 2 aromatic rings. The number of carbonyl (C=O) groups excluding carboxylic acids is 1. The van der Waals surface area contributed by atoms with Crippen LogP contribution in [0.3, 0.4) is 0 Å². The number of nitrogens with one attached hydrogen (secondary N) is 1. The number of piperidine rings is 1. The fourth-order valence-electron chi connectivity index (χ4n) is 3.81. The average molecular weight is 381 g/mol. The van der Waals surface area contributed by atoms with Gasteiger partial charge in [-0.1, -0.05) is 36.4 Å². The zero-order valence-electron chi connectivity index (χ0n) is 17.1. The van der Waals surface area contributed by atoms with Gasteiger partial charge in [-0.2, -0.15) is 0 Å². The predicted octanol–water partition coefficient (Wildman–Crippen LogP) is 3.57. The summed E-state index contributed by atoms with van der Waals surface area (Å²) in [5.41, 5.74) is 2.30. The standard InChI is InChI=1S/C23H32N4O/c1-19(22-11-14-26(2)15-12-22)25-23(28)27(18-21-9-6-13-24-17-21)16-10-20-7-4-3-5-8-20/h3-9,13,17,19,22H,10-12,14-16,18H2,1-2H3,(H,25,28). The van der Waals surface area contributed by atoms with E-state index in [2.05, 4.69) is 41.3 Å². The summed E-state index contributed by atoms with van der Waals surface area (Å²) in [6.45, 7) is 5.63. The highest BCUT2D eigenvalue weighted by Gasteiger charge is 2.25. The molecule has 0 aliphatic carbocycles. The SMILES string of the molecule is CC(NC(=O)N(CCc1ccccc1)Cc1cccnc1)C1CCN(C)CC1. The van der Waals surface area contributed by atoms with Crippen LogP contribution in [0.1, 0.15) is 30.9 Å². The highest BCUT2D eigenvalue weighted by molar-refractivity contribution is 5.74. The first-order valence-corrected chi connectivity index (χ1v) is 10.3. The average Bonchev–Trinajstić information content (AvgIpc) is 2.73. The van der Waals surface area contributed by atoms with Gasteiger partial charge in [-0.3, -0.25) is 4.98 Å². The van der Waals surface area contributed by atoms with Gasteiger partial charge in [0.05, 0.1) is 0 Å². The second kappa shape index (κ2) is 10.2. The summed E-state index contributed by atoms with van der Waals surface area (Å²) in [6.07, 6.45) is 6.73. The highest BCUT2D eigenvalue weighted by Crippen LogP contribution is 2.20. The molecule has 2 amide bonds. The molecule has 0 radical (unpaired) electrons. The van der Waals surface area contributed by atoms with Gasteiger partial charge in [0.1, 0.15) is 0 Å². The second-order valence-electron chi connectivity index (χ2n) is 7.90. The maximum Gasteiger partial charge on any atom is 0.317 e. The van der Waals surface area contributed by atoms with Crippen LogP contribution in [0.4, 0.5) is 4.79 Å². The smallest absolute Gasteiger partial charge is 0.317 e. The van der Waals surface area contributed by atoms with Crippen molar-refractivity contribution in [1.82, 2.24) is 20.1 Å². The van der Waals surface area contributed by atoms with Gasteiger partial charge in [0, 0.05) is 31.5 Å². The molecule has 1 aliphatic heterocycles. The molecule has 1 unspecified atom stereocenters. The minimum Gasteiger partial charge on any atom is -0.335 e. The lowest BCUT2D eigenvalue weighted by Crippen LogP contribution is -2.48. The lowest BCUT2D eigenvalue weighted by molar-refractivity contribution is 0.168. The summed E-state index contributed by atoms with van der Waals surface area (Å²) in [4.78, 5) is 21.5. The molecular weight excluding hydrogens is 348 g/mol. The summed E-state index contributed by atoms with van der Waals surface area (Å²) in [6, 6.07) is 14.5. The molecule has 1 N–H and O–H groups in total. The second-order valence-corrected chi connectivity index (χ2v) is 7.90. The van der Waals surface area contributed by atoms with Crippen LogP contribution in [0, 0.1) is 5.92 Å². The first kappa shape index (κ1) is 20.3. The topological polar surface area (TPSA) is 48.5 Å². The van der Waals surface area contributed by atoms with Crippen LogP contribution in [0.15, 0.2) is 54.9 Å². The van der Waals surface area contributed by atoms with Crippen LogP contribution >= 0.6 is 0 Å². The van der Waals surface area contributed by atoms with Crippen molar-refractivity contribution in [3.8, 4) is 0 Å². The minimum atomic E-state index is 0.0196. The van der Waals surface area contributed by atoms with E-state index in [1.807, 2.05) is 41.4 Å². The first-order chi connectivity index (χ1) is 13.6. The van der Waals surface area contributed by atoms with Crippen LogP contribution < -0.4 is 5.32 Å². The van der Waals surface area contributed by atoms with Crippen molar-refractivity contribution in [1.29, 1.82) is 0 Å². The largest absolute Gasteiger partial charge is 0.335 e. The Morgan fingerprint density at radius 3 is 2.57 bits per heavy atom. The third kappa shape index (κ3) is 6.06. The summed E-state index contributed by atoms with van der Waals surface area (Å²) in [5, 5.41) is 3.27. The lowest BCUT2D eigenvalue weighted by atomic mass is 9.90. The maximum absolute atomic E-state index is 13.1. The van der Waals surface area contributed by atoms with Crippen LogP contribution in [0.5, 0.6) is 0 Å². The lowest BCUT2D eigenvalue weighted by Gasteiger charge is -2.34. The highest BCUT2D eigenvalue weighted by atomic mass is 16.2. The van der Waals surface area contributed by atoms with Crippen LogP contribution in [0.25, 0.3) is 0 Å². The van der Waals surface area contributed by atoms with Crippen LogP contribution in [0.2, 0.25) is 0 Å². The van der Waals surface area contributed by atoms with Crippen molar-refractivity contribution in [2.75, 3.05) is 26.7 Å². The molecule has 1 atom stereocenters. The zero-order chi connectivity index (χ0) is 19.8. The Morgan fingerprint density at radius 1 is 1.18 bits per heavy atom. The third-order valence-corrected chi connectivity index (χ3v) is 5.72. The number of carbonyl (C=O) groups is 1. The Bertz CT molecular complexity index is 714. The molecule has 1 aromatic carbocycles. The van der Waals surface area contributed by atoms with E-state index in [0.717, 1.165) is 37.9 Å². The van der Waals surface area contributed by atoms with E-state index in [9.17, 15) is 4.79 Å². The van der Waals surface area contributed by atoms with Gasteiger partial charge in [-0.05, 0) is 69.4 Å². The Morgan fingerprint density at radius 2 is 1.89 bits per heavy atom. The molecule has 1 aliphatic rings. The molecular formula is C23H32N4O. The van der Waals surface area contributed by atoms with E-state index < -0.39 is 0 Å². The first-order valence-electron chi connectivity index (χ1n) is 10.3. The van der Waals surface area contributed by atoms with Crippen LogP contribution in [-0.4, -0.2) is 53.5 Å². The molecule has 5 nitrogen and oxygen atoms in total. The molecule has 0 spiro atoms. The molecule has 1 aromatic heterocycles. The number of rotatable bonds is 7. The van der Waals surface area contributed by atoms with Crippen molar-refractivity contribution >= 4 is 6.03 Å². The number of likely N-dealkylation sites (tertiary alicyclic amines) is 1. The van der Waals surface area contributed by atoms with Gasteiger partial charge in [0.15, 0.2) is 0 Å². The van der Waals surface area contributed by atoms with Crippen molar-refractivity contribution in [3.63, 3.8) is 0 Å². The number of hydrogen-bond donors (Lipinski definition) is 1. The minimum absolute atomic E-state index is 0.0196. The van der Waals surface area contributed by atoms with E-state index in [0.29, 0.717) is 19.0 Å². The maximum atomic E-state index is 13.1. The van der Waals surface area contributed by atoms with Gasteiger partial charge < -0.3 is 15.1 Å². The Balaban J connectivity index is 1.61. The van der Waals surface area contributed by atoms with Crippen molar-refractivity contribution in [2.45, 2.75) is 38.8 Å². The number of nitrogens with zero attached hydrogens (tertiary/aromatic N) is 3. The monoisotopic (exact) mass is 380 g/mol. The number of amides is 2. The zero-order valence-corrected chi connectivity index (χ0v) is 17.1. The Hall–Kier alpha value is -2.40. The molecule has 28 heavy (non-hydrogen) atoms. The number of urea groups is 1. The molecule has 1 saturated heterocycles. The van der Waals surface area contributed by atoms with Crippen molar-refractivity contribution < 1.29 is 4.79 Å². The summed E-state index contributed by atoms with van der Waals surface area (Å²) in [5.74, 6) is 0.550. The molecule has 0 saturated carbocycles. The molecule has 0 bridgehead atoms. The molecule has 1 fully saturated rings. The quantitative estimate of drug-likeness (QED) is 0.799. The normalized spacial score (nSPS) is 16.5. The van der Waals surface area contributed by atoms with Gasteiger partial charge in [0.25, 0.3) is 0 Å². The summed E-state index contributed by atoms with van der Waals surface area (Å²) >= 11 is 0. The summed E-state index contributed by atoms with van der Waals surface area (Å²) in [7, 11) is 2.17. The Labute approximate surface area is 168 Å². The van der Waals surface area contributed by atoms with Crippen LogP contribution in [-0.2, 0) is 13.0 Å². The fourth-order valence-corrected chi connectivity index (χ4v) is 3.81. The molecule has 2 heterocycles. The van der Waals surface area contributed by atoms with Gasteiger partial charge in [-0.25, -0.2) is 4.79 Å². The van der Waals surface area contributed by atoms with E-state index in [4.69, 9.17) is 0 Å². The molecule has 150 valence electrons. The van der Waals surface area contributed by atoms with Gasteiger partial charge in [0.2, 0.25) is 0 Å². The summed E-state index contributed by atoms with van der Waals surface area (Å²) < 4.78 is 0. The number of benzene rings is 1. The number of aromatic nitrogens is 1. The van der Waals surface area contributed by atoms with E-state index >= 15 is 0 Å². The van der Waals surface area contributed by atoms with E-state index in [-0.39, 0.29) is 12.1 Å². The third-order valence-electron chi connectivity index (χ3n) is 5.72. The van der Waals surface area contributed by atoms with Gasteiger partial charge in [-0.15, -0.1) is 0 Å². The van der Waals surface area contributed by atoms with Crippen molar-refractivity contribution in [2.24, 2.45) is 5.92 Å². The van der Waals surface area contributed by atoms with Gasteiger partial charge >= 0.3 is 6.03 Å². The molecule has 5 heteroatoms. The molecule has 3 rings (SSSR count). The predicted molar refractivity (Wildman–Crippen MR) is 113 cm³/mol.